The van der Waals surface area contributed by atoms with E-state index in [9.17, 15) is 19.2 Å². The maximum Gasteiger partial charge on any atom is 0.161 e. The Morgan fingerprint density at radius 3 is 0.848 bits per heavy atom. The predicted molar refractivity (Wildman–Crippen MR) is 145 cm³/mol. The fourth-order valence-electron chi connectivity index (χ4n) is 3.81. The highest BCUT2D eigenvalue weighted by Crippen LogP contribution is 2.46. The number of unbranched alkanes of at least 4 members (excludes halogenated alkanes) is 8. The fraction of sp³-hybridized carbons (Fsp3) is 0.852. The van der Waals surface area contributed by atoms with Gasteiger partial charge in [0.25, 0.3) is 0 Å². The number of carbonyl (C=O) groups excluding carboxylic acids is 4. The van der Waals surface area contributed by atoms with Gasteiger partial charge < -0.3 is 0 Å². The standard InChI is InChI=1S/C27H50O4P2/c1-5-9-13-18-24(28)32(25(29)19-14-10-6-2)22-17-23-33(26(30)20-15-11-7-3)27(31)21-16-12-8-4/h5-23H2,1-4H3. The summed E-state index contributed by atoms with van der Waals surface area (Å²) in [6, 6.07) is 0. The van der Waals surface area contributed by atoms with Gasteiger partial charge in [-0.1, -0.05) is 79.1 Å². The molecule has 0 aliphatic heterocycles. The summed E-state index contributed by atoms with van der Waals surface area (Å²) in [7, 11) is -2.61. The summed E-state index contributed by atoms with van der Waals surface area (Å²) in [5.41, 5.74) is 0.529. The number of hydrogen-bond acceptors (Lipinski definition) is 4. The third-order valence-electron chi connectivity index (χ3n) is 5.94. The molecule has 0 heterocycles. The number of carbonyl (C=O) groups is 4. The molecular weight excluding hydrogens is 450 g/mol. The number of hydrogen-bond donors (Lipinski definition) is 0. The molecule has 0 saturated carbocycles. The van der Waals surface area contributed by atoms with E-state index in [-0.39, 0.29) is 22.1 Å². The van der Waals surface area contributed by atoms with Gasteiger partial charge in [-0.15, -0.1) is 0 Å². The summed E-state index contributed by atoms with van der Waals surface area (Å²) in [6.07, 6.45) is 15.5. The van der Waals surface area contributed by atoms with Crippen LogP contribution in [0.15, 0.2) is 0 Å². The average Bonchev–Trinajstić information content (AvgIpc) is 2.79. The first-order valence-electron chi connectivity index (χ1n) is 13.6. The Morgan fingerprint density at radius 2 is 0.636 bits per heavy atom. The Bertz CT molecular complexity index is 470. The highest BCUT2D eigenvalue weighted by Gasteiger charge is 2.28. The monoisotopic (exact) mass is 500 g/mol. The number of rotatable bonds is 24. The lowest BCUT2D eigenvalue weighted by Crippen LogP contribution is -2.12. The molecular formula is C27H50O4P2. The second-order valence-electron chi connectivity index (χ2n) is 9.06. The molecule has 0 atom stereocenters. The molecule has 6 heteroatoms. The first kappa shape index (κ1) is 32.5. The van der Waals surface area contributed by atoms with Crippen LogP contribution in [0.5, 0.6) is 0 Å². The van der Waals surface area contributed by atoms with Crippen molar-refractivity contribution in [2.24, 2.45) is 0 Å². The van der Waals surface area contributed by atoms with Crippen LogP contribution >= 0.6 is 15.8 Å². The van der Waals surface area contributed by atoms with Crippen LogP contribution in [0, 0.1) is 0 Å². The first-order valence-corrected chi connectivity index (χ1v) is 16.6. The van der Waals surface area contributed by atoms with E-state index >= 15 is 0 Å². The zero-order valence-electron chi connectivity index (χ0n) is 22.0. The van der Waals surface area contributed by atoms with Gasteiger partial charge in [-0.2, -0.15) is 0 Å². The van der Waals surface area contributed by atoms with E-state index in [0.29, 0.717) is 44.4 Å². The Kier molecular flexibility index (Phi) is 21.7. The van der Waals surface area contributed by atoms with E-state index in [0.717, 1.165) is 77.0 Å². The zero-order valence-corrected chi connectivity index (χ0v) is 23.8. The normalized spacial score (nSPS) is 11.3. The van der Waals surface area contributed by atoms with Crippen LogP contribution in [0.3, 0.4) is 0 Å². The Labute approximate surface area is 206 Å². The Morgan fingerprint density at radius 1 is 0.394 bits per heavy atom. The lowest BCUT2D eigenvalue weighted by molar-refractivity contribution is -0.115. The molecule has 0 spiro atoms. The highest BCUT2D eigenvalue weighted by atomic mass is 31.1. The van der Waals surface area contributed by atoms with E-state index in [2.05, 4.69) is 27.7 Å². The lowest BCUT2D eigenvalue weighted by atomic mass is 10.2. The largest absolute Gasteiger partial charge is 0.294 e. The van der Waals surface area contributed by atoms with Crippen molar-refractivity contribution in [3.8, 4) is 0 Å². The summed E-state index contributed by atoms with van der Waals surface area (Å²) in [4.78, 5) is 51.5. The van der Waals surface area contributed by atoms with Crippen molar-refractivity contribution in [1.29, 1.82) is 0 Å². The predicted octanol–water partition coefficient (Wildman–Crippen LogP) is 8.77. The maximum atomic E-state index is 12.9. The highest BCUT2D eigenvalue weighted by molar-refractivity contribution is 7.90. The summed E-state index contributed by atoms with van der Waals surface area (Å²) >= 11 is 0. The minimum absolute atomic E-state index is 0.132. The smallest absolute Gasteiger partial charge is 0.161 e. The van der Waals surface area contributed by atoms with Gasteiger partial charge in [0.1, 0.15) is 0 Å². The van der Waals surface area contributed by atoms with Gasteiger partial charge >= 0.3 is 0 Å². The molecule has 0 aromatic carbocycles. The Balaban J connectivity index is 5.07. The summed E-state index contributed by atoms with van der Waals surface area (Å²) < 4.78 is 0. The fourth-order valence-corrected chi connectivity index (χ4v) is 8.27. The van der Waals surface area contributed by atoms with Crippen molar-refractivity contribution < 1.29 is 19.2 Å². The first-order chi connectivity index (χ1) is 15.9. The van der Waals surface area contributed by atoms with Gasteiger partial charge in [0, 0.05) is 41.5 Å². The third kappa shape index (κ3) is 15.9. The molecule has 0 bridgehead atoms. The SMILES string of the molecule is CCCCCC(=O)P(CCCP(C(=O)CCCCC)C(=O)CCCCC)C(=O)CCCCC. The summed E-state index contributed by atoms with van der Waals surface area (Å²) in [6.45, 7) is 8.45. The molecule has 0 radical (unpaired) electrons. The molecule has 4 nitrogen and oxygen atoms in total. The van der Waals surface area contributed by atoms with Gasteiger partial charge in [-0.25, -0.2) is 0 Å². The van der Waals surface area contributed by atoms with Gasteiger partial charge in [0.05, 0.1) is 0 Å². The molecule has 0 unspecified atom stereocenters. The van der Waals surface area contributed by atoms with Crippen LogP contribution in [0.4, 0.5) is 0 Å². The van der Waals surface area contributed by atoms with Crippen LogP contribution < -0.4 is 0 Å². The van der Waals surface area contributed by atoms with E-state index < -0.39 is 15.8 Å². The minimum atomic E-state index is -1.30. The average molecular weight is 501 g/mol. The second kappa shape index (κ2) is 22.0. The van der Waals surface area contributed by atoms with Gasteiger partial charge in [0.2, 0.25) is 0 Å². The third-order valence-corrected chi connectivity index (χ3v) is 10.8. The Hall–Kier alpha value is -0.460. The van der Waals surface area contributed by atoms with Gasteiger partial charge in [-0.05, 0) is 44.4 Å². The van der Waals surface area contributed by atoms with Crippen LogP contribution in [0.25, 0.3) is 0 Å². The molecule has 0 aromatic rings. The van der Waals surface area contributed by atoms with Crippen LogP contribution in [0.1, 0.15) is 137 Å². The van der Waals surface area contributed by atoms with Crippen molar-refractivity contribution in [3.05, 3.63) is 0 Å². The van der Waals surface area contributed by atoms with Crippen molar-refractivity contribution in [2.45, 2.75) is 137 Å². The lowest BCUT2D eigenvalue weighted by Gasteiger charge is -2.18. The van der Waals surface area contributed by atoms with Gasteiger partial charge in [0.15, 0.2) is 22.1 Å². The van der Waals surface area contributed by atoms with Crippen molar-refractivity contribution in [3.63, 3.8) is 0 Å². The topological polar surface area (TPSA) is 68.3 Å². The van der Waals surface area contributed by atoms with E-state index in [1.54, 1.807) is 0 Å². The second-order valence-corrected chi connectivity index (χ2v) is 13.7. The minimum Gasteiger partial charge on any atom is -0.294 e. The molecule has 192 valence electrons. The van der Waals surface area contributed by atoms with Gasteiger partial charge in [-0.3, -0.25) is 19.2 Å². The van der Waals surface area contributed by atoms with Crippen LogP contribution in [-0.2, 0) is 19.2 Å². The molecule has 0 aliphatic carbocycles. The van der Waals surface area contributed by atoms with E-state index in [1.807, 2.05) is 0 Å². The quantitative estimate of drug-likeness (QED) is 0.0981. The van der Waals surface area contributed by atoms with Crippen molar-refractivity contribution >= 4 is 37.9 Å². The molecule has 0 rings (SSSR count). The zero-order chi connectivity index (χ0) is 24.9. The molecule has 0 aliphatic rings. The molecule has 0 fully saturated rings. The molecule has 33 heavy (non-hydrogen) atoms. The van der Waals surface area contributed by atoms with Crippen LogP contribution in [-0.4, -0.2) is 34.4 Å². The summed E-state index contributed by atoms with van der Waals surface area (Å²) in [5.74, 6) is 0. The summed E-state index contributed by atoms with van der Waals surface area (Å²) in [5, 5.41) is 0. The maximum absolute atomic E-state index is 12.9. The molecule has 0 aromatic heterocycles. The molecule has 0 saturated heterocycles. The van der Waals surface area contributed by atoms with E-state index in [4.69, 9.17) is 0 Å². The molecule has 0 N–H and O–H groups in total. The van der Waals surface area contributed by atoms with Crippen LogP contribution in [0.2, 0.25) is 0 Å². The van der Waals surface area contributed by atoms with Crippen molar-refractivity contribution in [2.75, 3.05) is 12.3 Å². The van der Waals surface area contributed by atoms with Crippen molar-refractivity contribution in [1.82, 2.24) is 0 Å². The van der Waals surface area contributed by atoms with E-state index in [1.165, 1.54) is 0 Å². The molecule has 0 amide bonds.